The molecule has 3 N–H and O–H groups in total. The van der Waals surface area contributed by atoms with Crippen LogP contribution in [-0.4, -0.2) is 33.2 Å². The molecule has 1 aromatic carbocycles. The second-order valence-electron chi connectivity index (χ2n) is 2.68. The van der Waals surface area contributed by atoms with Crippen molar-refractivity contribution < 1.29 is 29.7 Å². The molecule has 0 amide bonds. The molecule has 0 aromatic heterocycles. The minimum atomic E-state index is -1.48. The van der Waals surface area contributed by atoms with Gasteiger partial charge >= 0.3 is 17.9 Å². The van der Waals surface area contributed by atoms with Crippen LogP contribution in [0.25, 0.3) is 0 Å². The summed E-state index contributed by atoms with van der Waals surface area (Å²) in [5.41, 5.74) is -1.24. The predicted octanol–water partition coefficient (Wildman–Crippen LogP) is 1.81. The summed E-state index contributed by atoms with van der Waals surface area (Å²) in [4.78, 5) is 31.8. The van der Waals surface area contributed by atoms with Gasteiger partial charge in [0.15, 0.2) is 0 Å². The molecule has 0 saturated carbocycles. The molecule has 0 fully saturated rings. The SMILES string of the molecule is CC.O=C(O)c1ccc(C(=O)O)c(C(=O)O)c1. The van der Waals surface area contributed by atoms with E-state index in [9.17, 15) is 14.4 Å². The van der Waals surface area contributed by atoms with Gasteiger partial charge in [-0.2, -0.15) is 0 Å². The monoisotopic (exact) mass is 240 g/mol. The molecule has 1 aromatic rings. The summed E-state index contributed by atoms with van der Waals surface area (Å²) < 4.78 is 0. The Morgan fingerprint density at radius 2 is 1.29 bits per heavy atom. The highest BCUT2D eigenvalue weighted by molar-refractivity contribution is 6.03. The van der Waals surface area contributed by atoms with Crippen molar-refractivity contribution in [2.75, 3.05) is 0 Å². The van der Waals surface area contributed by atoms with E-state index < -0.39 is 29.0 Å². The molecule has 0 saturated heterocycles. The Labute approximate surface area is 97.1 Å². The first-order valence-electron chi connectivity index (χ1n) is 4.77. The molecule has 6 heteroatoms. The molecule has 0 heterocycles. The van der Waals surface area contributed by atoms with E-state index in [0.717, 1.165) is 18.2 Å². The Morgan fingerprint density at radius 3 is 1.65 bits per heavy atom. The van der Waals surface area contributed by atoms with Gasteiger partial charge in [-0.25, -0.2) is 14.4 Å². The van der Waals surface area contributed by atoms with Gasteiger partial charge in [0.2, 0.25) is 0 Å². The molecule has 1 rings (SSSR count). The largest absolute Gasteiger partial charge is 0.478 e. The van der Waals surface area contributed by atoms with Gasteiger partial charge in [0.05, 0.1) is 16.7 Å². The summed E-state index contributed by atoms with van der Waals surface area (Å²) in [7, 11) is 0. The fraction of sp³-hybridized carbons (Fsp3) is 0.182. The van der Waals surface area contributed by atoms with Crippen molar-refractivity contribution in [1.29, 1.82) is 0 Å². The number of carboxylic acids is 3. The van der Waals surface area contributed by atoms with Crippen molar-refractivity contribution in [3.05, 3.63) is 34.9 Å². The second-order valence-corrected chi connectivity index (χ2v) is 2.68. The van der Waals surface area contributed by atoms with Crippen molar-refractivity contribution in [1.82, 2.24) is 0 Å². The Kier molecular flexibility index (Phi) is 5.39. The number of carbonyl (C=O) groups is 3. The lowest BCUT2D eigenvalue weighted by atomic mass is 10.0. The van der Waals surface area contributed by atoms with Crippen LogP contribution in [-0.2, 0) is 0 Å². The Balaban J connectivity index is 0.00000121. The maximum Gasteiger partial charge on any atom is 0.336 e. The van der Waals surface area contributed by atoms with Crippen LogP contribution < -0.4 is 0 Å². The normalized spacial score (nSPS) is 8.82. The van der Waals surface area contributed by atoms with Gasteiger partial charge in [-0.3, -0.25) is 0 Å². The van der Waals surface area contributed by atoms with E-state index in [-0.39, 0.29) is 5.56 Å². The fourth-order valence-electron chi connectivity index (χ4n) is 1.04. The minimum absolute atomic E-state index is 0.266. The maximum atomic E-state index is 10.6. The summed E-state index contributed by atoms with van der Waals surface area (Å²) in [5, 5.41) is 25.9. The van der Waals surface area contributed by atoms with Crippen molar-refractivity contribution in [3.63, 3.8) is 0 Å². The molecule has 92 valence electrons. The molecule has 0 aliphatic rings. The topological polar surface area (TPSA) is 112 Å². The van der Waals surface area contributed by atoms with Crippen LogP contribution in [0.15, 0.2) is 18.2 Å². The highest BCUT2D eigenvalue weighted by Gasteiger charge is 2.17. The van der Waals surface area contributed by atoms with Gasteiger partial charge in [-0.15, -0.1) is 0 Å². The van der Waals surface area contributed by atoms with Crippen LogP contribution in [0.5, 0.6) is 0 Å². The predicted molar refractivity (Wildman–Crippen MR) is 58.7 cm³/mol. The van der Waals surface area contributed by atoms with Gasteiger partial charge < -0.3 is 15.3 Å². The molecule has 0 aliphatic heterocycles. The highest BCUT2D eigenvalue weighted by Crippen LogP contribution is 2.12. The zero-order chi connectivity index (χ0) is 13.6. The van der Waals surface area contributed by atoms with Crippen molar-refractivity contribution in [2.24, 2.45) is 0 Å². The summed E-state index contributed by atoms with van der Waals surface area (Å²) in [6.45, 7) is 4.00. The zero-order valence-electron chi connectivity index (χ0n) is 9.30. The van der Waals surface area contributed by atoms with Gasteiger partial charge in [0.25, 0.3) is 0 Å². The standard InChI is InChI=1S/C9H6O6.C2H6/c10-7(11)4-1-2-5(8(12)13)6(3-4)9(14)15;1-2/h1-3H,(H,10,11)(H,12,13)(H,14,15);1-2H3. The summed E-state index contributed by atoms with van der Waals surface area (Å²) in [6, 6.07) is 2.81. The third kappa shape index (κ3) is 3.60. The van der Waals surface area contributed by atoms with E-state index in [0.29, 0.717) is 0 Å². The third-order valence-electron chi connectivity index (χ3n) is 1.73. The molecular formula is C11H12O6. The van der Waals surface area contributed by atoms with Crippen LogP contribution in [0.3, 0.4) is 0 Å². The molecule has 0 bridgehead atoms. The van der Waals surface area contributed by atoms with Crippen molar-refractivity contribution in [3.8, 4) is 0 Å². The Bertz CT molecular complexity index is 449. The second kappa shape index (κ2) is 6.26. The summed E-state index contributed by atoms with van der Waals surface area (Å²) >= 11 is 0. The van der Waals surface area contributed by atoms with Crippen molar-refractivity contribution in [2.45, 2.75) is 13.8 Å². The van der Waals surface area contributed by atoms with E-state index in [1.54, 1.807) is 0 Å². The highest BCUT2D eigenvalue weighted by atomic mass is 16.4. The Hall–Kier alpha value is -2.37. The number of benzene rings is 1. The molecule has 0 spiro atoms. The van der Waals surface area contributed by atoms with Gasteiger partial charge in [0, 0.05) is 0 Å². The lowest BCUT2D eigenvalue weighted by molar-refractivity contribution is 0.0649. The quantitative estimate of drug-likeness (QED) is 0.742. The lowest BCUT2D eigenvalue weighted by Crippen LogP contribution is -2.10. The molecule has 0 unspecified atom stereocenters. The first-order chi connectivity index (χ1) is 7.93. The van der Waals surface area contributed by atoms with E-state index >= 15 is 0 Å². The number of rotatable bonds is 3. The molecule has 0 radical (unpaired) electrons. The number of aromatic carboxylic acids is 3. The average molecular weight is 240 g/mol. The van der Waals surface area contributed by atoms with Gasteiger partial charge in [-0.05, 0) is 18.2 Å². The average Bonchev–Trinajstić information content (AvgIpc) is 2.30. The Morgan fingerprint density at radius 1 is 0.824 bits per heavy atom. The summed E-state index contributed by atoms with van der Waals surface area (Å²) in [5.74, 6) is -4.20. The minimum Gasteiger partial charge on any atom is -0.478 e. The molecule has 0 atom stereocenters. The van der Waals surface area contributed by atoms with Crippen molar-refractivity contribution >= 4 is 17.9 Å². The van der Waals surface area contributed by atoms with Gasteiger partial charge in [-0.1, -0.05) is 13.8 Å². The molecule has 0 aliphatic carbocycles. The van der Waals surface area contributed by atoms with E-state index in [2.05, 4.69) is 0 Å². The van der Waals surface area contributed by atoms with Crippen LogP contribution in [0.2, 0.25) is 0 Å². The zero-order valence-corrected chi connectivity index (χ0v) is 9.30. The van der Waals surface area contributed by atoms with E-state index in [1.807, 2.05) is 13.8 Å². The molecule has 17 heavy (non-hydrogen) atoms. The molecule has 6 nitrogen and oxygen atoms in total. The number of carboxylic acid groups (broad SMARTS) is 3. The first-order valence-corrected chi connectivity index (χ1v) is 4.77. The molecular weight excluding hydrogens is 228 g/mol. The van der Waals surface area contributed by atoms with Crippen LogP contribution in [0.1, 0.15) is 44.9 Å². The first kappa shape index (κ1) is 14.6. The van der Waals surface area contributed by atoms with Gasteiger partial charge in [0.1, 0.15) is 0 Å². The van der Waals surface area contributed by atoms with E-state index in [4.69, 9.17) is 15.3 Å². The van der Waals surface area contributed by atoms with Crippen LogP contribution in [0.4, 0.5) is 0 Å². The van der Waals surface area contributed by atoms with E-state index in [1.165, 1.54) is 0 Å². The third-order valence-corrected chi connectivity index (χ3v) is 1.73. The number of hydrogen-bond donors (Lipinski definition) is 3. The fourth-order valence-corrected chi connectivity index (χ4v) is 1.04. The number of hydrogen-bond acceptors (Lipinski definition) is 3. The lowest BCUT2D eigenvalue weighted by Gasteiger charge is -2.02. The van der Waals surface area contributed by atoms with Crippen LogP contribution >= 0.6 is 0 Å². The summed E-state index contributed by atoms with van der Waals surface area (Å²) in [6.07, 6.45) is 0. The smallest absolute Gasteiger partial charge is 0.336 e. The maximum absolute atomic E-state index is 10.6. The van der Waals surface area contributed by atoms with Crippen LogP contribution in [0, 0.1) is 0 Å².